The fourth-order valence-electron chi connectivity index (χ4n) is 1.38. The van der Waals surface area contributed by atoms with Crippen LogP contribution >= 0.6 is 0 Å². The number of H-pyrrole nitrogens is 1. The Morgan fingerprint density at radius 3 is 2.50 bits per heavy atom. The highest BCUT2D eigenvalue weighted by atomic mass is 35.5. The summed E-state index contributed by atoms with van der Waals surface area (Å²) in [7, 11) is 1.72. The zero-order valence-corrected chi connectivity index (χ0v) is 9.06. The lowest BCUT2D eigenvalue weighted by Gasteiger charge is -1.90. The summed E-state index contributed by atoms with van der Waals surface area (Å²) in [5, 5.41) is 2.99. The molecule has 1 amide bonds. The molecule has 0 saturated carbocycles. The van der Waals surface area contributed by atoms with Crippen molar-refractivity contribution in [2.45, 2.75) is 19.8 Å². The van der Waals surface area contributed by atoms with Gasteiger partial charge in [0.25, 0.3) is 0 Å². The van der Waals surface area contributed by atoms with Crippen LogP contribution in [-0.4, -0.2) is 11.0 Å². The molecule has 1 aromatic heterocycles. The van der Waals surface area contributed by atoms with Gasteiger partial charge in [0.2, 0.25) is 0 Å². The summed E-state index contributed by atoms with van der Waals surface area (Å²) in [6.45, 7) is 2.05. The van der Waals surface area contributed by atoms with E-state index in [4.69, 9.17) is 11.5 Å². The molecule has 1 rings (SSSR count). The van der Waals surface area contributed by atoms with E-state index in [1.807, 2.05) is 6.92 Å². The highest BCUT2D eigenvalue weighted by molar-refractivity contribution is 5.94. The second kappa shape index (κ2) is 4.85. The lowest BCUT2D eigenvalue weighted by molar-refractivity contribution is -0.728. The maximum atomic E-state index is 11.0. The van der Waals surface area contributed by atoms with Gasteiger partial charge >= 0.3 is 11.6 Å². The smallest absolute Gasteiger partial charge is 0.318 e. The number of rotatable bonds is 3. The van der Waals surface area contributed by atoms with Crippen LogP contribution in [-0.2, 0) is 13.5 Å². The fourth-order valence-corrected chi connectivity index (χ4v) is 1.38. The average molecular weight is 219 g/mol. The van der Waals surface area contributed by atoms with Crippen molar-refractivity contribution in [3.8, 4) is 0 Å². The van der Waals surface area contributed by atoms with E-state index in [2.05, 4.69) is 5.10 Å². The lowest BCUT2D eigenvalue weighted by atomic mass is 10.2. The summed E-state index contributed by atoms with van der Waals surface area (Å²) in [4.78, 5) is 11.0. The highest BCUT2D eigenvalue weighted by Crippen LogP contribution is 2.12. The number of nitrogens with zero attached hydrogens (tertiary/aromatic N) is 1. The summed E-state index contributed by atoms with van der Waals surface area (Å²) in [5.41, 5.74) is 12.6. The van der Waals surface area contributed by atoms with Crippen molar-refractivity contribution in [1.82, 2.24) is 5.10 Å². The topological polar surface area (TPSA) is 88.8 Å². The van der Waals surface area contributed by atoms with Crippen LogP contribution in [0.15, 0.2) is 0 Å². The number of aromatic nitrogens is 2. The Morgan fingerprint density at radius 2 is 2.14 bits per heavy atom. The van der Waals surface area contributed by atoms with Crippen LogP contribution in [0.5, 0.6) is 0 Å². The van der Waals surface area contributed by atoms with Gasteiger partial charge in [-0.15, -0.1) is 4.68 Å². The molecule has 14 heavy (non-hydrogen) atoms. The molecule has 1 aromatic rings. The van der Waals surface area contributed by atoms with Gasteiger partial charge in [0.15, 0.2) is 7.05 Å². The SMILES string of the molecule is CCCc1[nH][n+](C)c(C(N)=O)c1N.[Cl-]. The molecule has 6 heteroatoms. The highest BCUT2D eigenvalue weighted by Gasteiger charge is 2.24. The van der Waals surface area contributed by atoms with Gasteiger partial charge in [-0.05, 0) is 6.42 Å². The van der Waals surface area contributed by atoms with Crippen LogP contribution in [0, 0.1) is 0 Å². The second-order valence-corrected chi connectivity index (χ2v) is 3.03. The number of halogens is 1. The largest absolute Gasteiger partial charge is 1.00 e. The van der Waals surface area contributed by atoms with Crippen LogP contribution in [0.2, 0.25) is 0 Å². The normalized spacial score (nSPS) is 9.57. The predicted octanol–water partition coefficient (Wildman–Crippen LogP) is -3.52. The number of primary amides is 1. The van der Waals surface area contributed by atoms with Crippen LogP contribution in [0.4, 0.5) is 5.69 Å². The number of nitrogen functional groups attached to an aromatic ring is 1. The molecule has 0 aliphatic heterocycles. The molecular weight excluding hydrogens is 204 g/mol. The summed E-state index contributed by atoms with van der Waals surface area (Å²) >= 11 is 0. The monoisotopic (exact) mass is 218 g/mol. The molecule has 0 radical (unpaired) electrons. The predicted molar refractivity (Wildman–Crippen MR) is 48.9 cm³/mol. The van der Waals surface area contributed by atoms with E-state index in [1.54, 1.807) is 11.7 Å². The molecule has 0 spiro atoms. The zero-order valence-electron chi connectivity index (χ0n) is 8.30. The molecule has 0 aliphatic carbocycles. The fraction of sp³-hybridized carbons (Fsp3) is 0.500. The quantitative estimate of drug-likeness (QED) is 0.460. The van der Waals surface area contributed by atoms with Crippen molar-refractivity contribution in [2.75, 3.05) is 5.73 Å². The molecule has 5 nitrogen and oxygen atoms in total. The molecule has 0 unspecified atom stereocenters. The van der Waals surface area contributed by atoms with Crippen molar-refractivity contribution < 1.29 is 21.9 Å². The molecule has 0 saturated heterocycles. The van der Waals surface area contributed by atoms with E-state index >= 15 is 0 Å². The Morgan fingerprint density at radius 1 is 1.57 bits per heavy atom. The van der Waals surface area contributed by atoms with E-state index < -0.39 is 5.91 Å². The third-order valence-corrected chi connectivity index (χ3v) is 1.95. The van der Waals surface area contributed by atoms with Crippen molar-refractivity contribution >= 4 is 11.6 Å². The van der Waals surface area contributed by atoms with E-state index in [0.29, 0.717) is 11.4 Å². The maximum absolute atomic E-state index is 11.0. The van der Waals surface area contributed by atoms with Gasteiger partial charge in [0.05, 0.1) is 0 Å². The first kappa shape index (κ1) is 12.8. The number of nitrogens with one attached hydrogen (secondary N) is 1. The molecule has 1 heterocycles. The lowest BCUT2D eigenvalue weighted by Crippen LogP contribution is -3.00. The third-order valence-electron chi connectivity index (χ3n) is 1.95. The first-order valence-electron chi connectivity index (χ1n) is 4.24. The van der Waals surface area contributed by atoms with Crippen LogP contribution < -0.4 is 28.6 Å². The Hall–Kier alpha value is -1.23. The summed E-state index contributed by atoms with van der Waals surface area (Å²) in [5.74, 6) is -0.501. The third kappa shape index (κ3) is 2.17. The first-order valence-corrected chi connectivity index (χ1v) is 4.24. The summed E-state index contributed by atoms with van der Waals surface area (Å²) in [6, 6.07) is 0. The van der Waals surface area contributed by atoms with Gasteiger partial charge in [-0.25, -0.2) is 0 Å². The number of aromatic amines is 1. The number of anilines is 1. The van der Waals surface area contributed by atoms with Gasteiger partial charge in [-0.3, -0.25) is 4.79 Å². The number of aryl methyl sites for hydroxylation is 2. The Kier molecular flexibility index (Phi) is 4.43. The van der Waals surface area contributed by atoms with E-state index in [0.717, 1.165) is 18.5 Å². The van der Waals surface area contributed by atoms with Gasteiger partial charge in [-0.2, -0.15) is 5.10 Å². The number of carbonyl (C=O) groups is 1. The minimum Gasteiger partial charge on any atom is -1.00 e. The minimum atomic E-state index is -0.501. The molecule has 0 atom stereocenters. The molecule has 0 aromatic carbocycles. The number of amides is 1. The van der Waals surface area contributed by atoms with Gasteiger partial charge < -0.3 is 23.9 Å². The molecule has 80 valence electrons. The Bertz CT molecular complexity index is 334. The van der Waals surface area contributed by atoms with E-state index in [1.165, 1.54) is 0 Å². The van der Waals surface area contributed by atoms with E-state index in [-0.39, 0.29) is 12.4 Å². The average Bonchev–Trinajstić information content (AvgIpc) is 2.28. The van der Waals surface area contributed by atoms with Gasteiger partial charge in [-0.1, -0.05) is 13.3 Å². The Balaban J connectivity index is 0.00000169. The second-order valence-electron chi connectivity index (χ2n) is 3.03. The first-order chi connectivity index (χ1) is 6.07. The summed E-state index contributed by atoms with van der Waals surface area (Å²) < 4.78 is 1.56. The molecule has 0 aliphatic rings. The van der Waals surface area contributed by atoms with Crippen LogP contribution in [0.25, 0.3) is 0 Å². The van der Waals surface area contributed by atoms with Crippen molar-refractivity contribution in [2.24, 2.45) is 12.8 Å². The van der Waals surface area contributed by atoms with Gasteiger partial charge in [0, 0.05) is 0 Å². The van der Waals surface area contributed by atoms with Crippen LogP contribution in [0.1, 0.15) is 29.5 Å². The standard InChI is InChI=1S/C8H14N4O.ClH/c1-3-4-5-6(9)7(8(10)13)12(2)11-5;/h3-4H2,1-2H3,(H4,9,10,13);1H. The van der Waals surface area contributed by atoms with E-state index in [9.17, 15) is 4.79 Å². The molecule has 0 fully saturated rings. The summed E-state index contributed by atoms with van der Waals surface area (Å²) in [6.07, 6.45) is 1.80. The maximum Gasteiger partial charge on any atom is 0.318 e. The van der Waals surface area contributed by atoms with Crippen molar-refractivity contribution in [3.63, 3.8) is 0 Å². The number of hydrogen-bond acceptors (Lipinski definition) is 2. The minimum absolute atomic E-state index is 0. The number of carbonyl (C=O) groups excluding carboxylic acids is 1. The zero-order chi connectivity index (χ0) is 10.0. The van der Waals surface area contributed by atoms with Gasteiger partial charge in [0.1, 0.15) is 11.4 Å². The molecular formula is C8H15ClN4O. The molecule has 0 bridgehead atoms. The van der Waals surface area contributed by atoms with Crippen LogP contribution in [0.3, 0.4) is 0 Å². The number of nitrogens with two attached hydrogens (primary N) is 2. The number of hydrogen-bond donors (Lipinski definition) is 3. The van der Waals surface area contributed by atoms with Crippen molar-refractivity contribution in [3.05, 3.63) is 11.4 Å². The Labute approximate surface area is 88.9 Å². The van der Waals surface area contributed by atoms with Crippen molar-refractivity contribution in [1.29, 1.82) is 0 Å². The molecule has 5 N–H and O–H groups in total.